The van der Waals surface area contributed by atoms with Crippen molar-refractivity contribution in [3.8, 4) is 0 Å². The molecule has 0 radical (unpaired) electrons. The van der Waals surface area contributed by atoms with Crippen molar-refractivity contribution in [1.82, 2.24) is 10.3 Å². The molecule has 5 nitrogen and oxygen atoms in total. The van der Waals surface area contributed by atoms with E-state index in [-0.39, 0.29) is 11.8 Å². The van der Waals surface area contributed by atoms with Crippen molar-refractivity contribution in [2.24, 2.45) is 5.92 Å². The van der Waals surface area contributed by atoms with Crippen molar-refractivity contribution >= 4 is 32.6 Å². The third kappa shape index (κ3) is 4.54. The molecule has 2 aromatic rings. The molecule has 2 heterocycles. The highest BCUT2D eigenvalue weighted by Gasteiger charge is 2.26. The molecule has 0 saturated carbocycles. The maximum atomic E-state index is 12.3. The number of rotatable bonds is 7. The van der Waals surface area contributed by atoms with Crippen LogP contribution in [0.4, 0.5) is 5.13 Å². The average molecular weight is 376 g/mol. The number of thiazole rings is 1. The molecule has 1 aliphatic heterocycles. The smallest absolute Gasteiger partial charge is 0.223 e. The molecule has 0 spiro atoms. The van der Waals surface area contributed by atoms with Gasteiger partial charge in [0.05, 0.1) is 10.2 Å². The van der Waals surface area contributed by atoms with E-state index in [9.17, 15) is 4.79 Å². The highest BCUT2D eigenvalue weighted by molar-refractivity contribution is 7.22. The number of carbonyl (C=O) groups excluding carboxylic acids is 1. The number of aryl methyl sites for hydroxylation is 2. The molecule has 1 amide bonds. The summed E-state index contributed by atoms with van der Waals surface area (Å²) in [5.41, 5.74) is 3.64. The first-order valence-corrected chi connectivity index (χ1v) is 10.4. The van der Waals surface area contributed by atoms with Gasteiger partial charge in [0.2, 0.25) is 5.91 Å². The lowest BCUT2D eigenvalue weighted by atomic mass is 9.96. The van der Waals surface area contributed by atoms with Crippen LogP contribution in [0.5, 0.6) is 0 Å². The SMILES string of the molecule is CCOCCCNC(=O)C1CCN(c2nc3c(C)cc(C)cc3s2)CC1. The Balaban J connectivity index is 1.52. The van der Waals surface area contributed by atoms with Gasteiger partial charge >= 0.3 is 0 Å². The Kier molecular flexibility index (Phi) is 6.48. The van der Waals surface area contributed by atoms with Crippen molar-refractivity contribution in [1.29, 1.82) is 0 Å². The third-order valence-corrected chi connectivity index (χ3v) is 5.99. The Morgan fingerprint density at radius 3 is 2.85 bits per heavy atom. The number of amides is 1. The molecule has 3 rings (SSSR count). The highest BCUT2D eigenvalue weighted by Crippen LogP contribution is 2.33. The number of benzene rings is 1. The highest BCUT2D eigenvalue weighted by atomic mass is 32.1. The van der Waals surface area contributed by atoms with Crippen LogP contribution >= 0.6 is 11.3 Å². The van der Waals surface area contributed by atoms with Crippen LogP contribution in [-0.4, -0.2) is 43.7 Å². The number of ether oxygens (including phenoxy) is 1. The van der Waals surface area contributed by atoms with Gasteiger partial charge in [-0.3, -0.25) is 4.79 Å². The van der Waals surface area contributed by atoms with Gasteiger partial charge in [-0.05, 0) is 57.2 Å². The van der Waals surface area contributed by atoms with Gasteiger partial charge in [-0.25, -0.2) is 4.98 Å². The van der Waals surface area contributed by atoms with E-state index >= 15 is 0 Å². The molecule has 1 aromatic carbocycles. The van der Waals surface area contributed by atoms with Gasteiger partial charge < -0.3 is 15.0 Å². The Morgan fingerprint density at radius 1 is 1.35 bits per heavy atom. The lowest BCUT2D eigenvalue weighted by molar-refractivity contribution is -0.125. The van der Waals surface area contributed by atoms with E-state index in [2.05, 4.69) is 36.2 Å². The summed E-state index contributed by atoms with van der Waals surface area (Å²) in [7, 11) is 0. The van der Waals surface area contributed by atoms with Gasteiger partial charge in [0.25, 0.3) is 0 Å². The van der Waals surface area contributed by atoms with Gasteiger partial charge in [0, 0.05) is 38.8 Å². The molecule has 1 aromatic heterocycles. The molecule has 142 valence electrons. The van der Waals surface area contributed by atoms with Crippen LogP contribution < -0.4 is 10.2 Å². The van der Waals surface area contributed by atoms with Gasteiger partial charge in [-0.1, -0.05) is 17.4 Å². The summed E-state index contributed by atoms with van der Waals surface area (Å²) in [4.78, 5) is 19.5. The molecule has 0 atom stereocenters. The van der Waals surface area contributed by atoms with Crippen LogP contribution in [0.2, 0.25) is 0 Å². The first-order chi connectivity index (χ1) is 12.6. The second kappa shape index (κ2) is 8.82. The number of nitrogens with one attached hydrogen (secondary N) is 1. The fraction of sp³-hybridized carbons (Fsp3) is 0.600. The minimum atomic E-state index is 0.122. The zero-order valence-electron chi connectivity index (χ0n) is 16.0. The molecule has 26 heavy (non-hydrogen) atoms. The van der Waals surface area contributed by atoms with Crippen LogP contribution in [0.1, 0.15) is 37.3 Å². The van der Waals surface area contributed by atoms with Gasteiger partial charge in [-0.2, -0.15) is 0 Å². The van der Waals surface area contributed by atoms with Crippen molar-refractivity contribution < 1.29 is 9.53 Å². The lowest BCUT2D eigenvalue weighted by Gasteiger charge is -2.31. The molecule has 6 heteroatoms. The normalized spacial score (nSPS) is 15.6. The number of anilines is 1. The molecule has 0 unspecified atom stereocenters. The van der Waals surface area contributed by atoms with Crippen LogP contribution in [0, 0.1) is 19.8 Å². The van der Waals surface area contributed by atoms with Crippen molar-refractivity contribution in [2.45, 2.75) is 40.0 Å². The molecule has 0 aliphatic carbocycles. The molecule has 1 saturated heterocycles. The average Bonchev–Trinajstić information content (AvgIpc) is 3.06. The number of piperidine rings is 1. The molecular weight excluding hydrogens is 346 g/mol. The predicted octanol–water partition coefficient (Wildman–Crippen LogP) is 3.67. The van der Waals surface area contributed by atoms with Gasteiger partial charge in [0.1, 0.15) is 0 Å². The van der Waals surface area contributed by atoms with E-state index in [0.29, 0.717) is 13.2 Å². The monoisotopic (exact) mass is 375 g/mol. The van der Waals surface area contributed by atoms with Crippen LogP contribution in [0.3, 0.4) is 0 Å². The Bertz CT molecular complexity index is 751. The number of nitrogens with zero attached hydrogens (tertiary/aromatic N) is 2. The maximum Gasteiger partial charge on any atom is 0.223 e. The van der Waals surface area contributed by atoms with E-state index in [0.717, 1.165) is 49.6 Å². The topological polar surface area (TPSA) is 54.5 Å². The maximum absolute atomic E-state index is 12.3. The van der Waals surface area contributed by atoms with Crippen molar-refractivity contribution in [2.75, 3.05) is 37.7 Å². The fourth-order valence-corrected chi connectivity index (χ4v) is 4.70. The summed E-state index contributed by atoms with van der Waals surface area (Å²) in [5.74, 6) is 0.314. The standard InChI is InChI=1S/C20H29N3O2S/c1-4-25-11-5-8-21-19(24)16-6-9-23(10-7-16)20-22-18-15(3)12-14(2)13-17(18)26-20/h12-13,16H,4-11H2,1-3H3,(H,21,24). The molecule has 1 N–H and O–H groups in total. The number of carbonyl (C=O) groups is 1. The first kappa shape index (κ1) is 19.1. The van der Waals surface area contributed by atoms with E-state index in [1.807, 2.05) is 6.92 Å². The van der Waals surface area contributed by atoms with Gasteiger partial charge in [-0.15, -0.1) is 0 Å². The van der Waals surface area contributed by atoms with E-state index in [1.54, 1.807) is 11.3 Å². The summed E-state index contributed by atoms with van der Waals surface area (Å²) >= 11 is 1.76. The van der Waals surface area contributed by atoms with Crippen LogP contribution in [-0.2, 0) is 9.53 Å². The third-order valence-electron chi connectivity index (χ3n) is 4.92. The summed E-state index contributed by atoms with van der Waals surface area (Å²) in [6, 6.07) is 4.40. The fourth-order valence-electron chi connectivity index (χ4n) is 3.50. The van der Waals surface area contributed by atoms with Gasteiger partial charge in [0.15, 0.2) is 5.13 Å². The Morgan fingerprint density at radius 2 is 2.12 bits per heavy atom. The zero-order valence-corrected chi connectivity index (χ0v) is 16.8. The predicted molar refractivity (Wildman–Crippen MR) is 108 cm³/mol. The number of aromatic nitrogens is 1. The van der Waals surface area contributed by atoms with E-state index < -0.39 is 0 Å². The van der Waals surface area contributed by atoms with Crippen LogP contribution in [0.25, 0.3) is 10.2 Å². The summed E-state index contributed by atoms with van der Waals surface area (Å²) in [6.45, 7) is 10.2. The van der Waals surface area contributed by atoms with Crippen molar-refractivity contribution in [3.05, 3.63) is 23.3 Å². The van der Waals surface area contributed by atoms with E-state index in [4.69, 9.17) is 9.72 Å². The first-order valence-electron chi connectivity index (χ1n) is 9.56. The summed E-state index contributed by atoms with van der Waals surface area (Å²) in [6.07, 6.45) is 2.67. The minimum Gasteiger partial charge on any atom is -0.382 e. The van der Waals surface area contributed by atoms with Crippen molar-refractivity contribution in [3.63, 3.8) is 0 Å². The Hall–Kier alpha value is -1.66. The summed E-state index contributed by atoms with van der Waals surface area (Å²) in [5, 5.41) is 4.14. The second-order valence-corrected chi connectivity index (χ2v) is 8.04. The molecule has 1 fully saturated rings. The largest absolute Gasteiger partial charge is 0.382 e. The quantitative estimate of drug-likeness (QED) is 0.750. The van der Waals surface area contributed by atoms with E-state index in [1.165, 1.54) is 15.8 Å². The molecular formula is C20H29N3O2S. The van der Waals surface area contributed by atoms with Crippen LogP contribution in [0.15, 0.2) is 12.1 Å². The zero-order chi connectivity index (χ0) is 18.5. The second-order valence-electron chi connectivity index (χ2n) is 7.03. The number of hydrogen-bond acceptors (Lipinski definition) is 5. The lowest BCUT2D eigenvalue weighted by Crippen LogP contribution is -2.40. The number of fused-ring (bicyclic) bond motifs is 1. The molecule has 1 aliphatic rings. The molecule has 0 bridgehead atoms. The Labute approximate surface area is 159 Å². The minimum absolute atomic E-state index is 0.122. The summed E-state index contributed by atoms with van der Waals surface area (Å²) < 4.78 is 6.56. The number of hydrogen-bond donors (Lipinski definition) is 1.